The predicted octanol–water partition coefficient (Wildman–Crippen LogP) is 0.289. The quantitative estimate of drug-likeness (QED) is 0.574. The molecule has 0 fully saturated rings. The molecule has 0 aromatic carbocycles. The highest BCUT2D eigenvalue weighted by Gasteiger charge is 2.24. The fourth-order valence-corrected chi connectivity index (χ4v) is 1.58. The van der Waals surface area contributed by atoms with Crippen molar-refractivity contribution < 1.29 is 5.11 Å². The minimum Gasteiger partial charge on any atom is -0.359 e. The Morgan fingerprint density at radius 1 is 1.45 bits per heavy atom. The first kappa shape index (κ1) is 8.67. The van der Waals surface area contributed by atoms with Crippen molar-refractivity contribution in [3.05, 3.63) is 22.4 Å². The molecule has 11 heavy (non-hydrogen) atoms. The fraction of sp³-hybridized carbons (Fsp3) is 0.429. The lowest BCUT2D eigenvalue weighted by molar-refractivity contribution is -0.0193. The first-order chi connectivity index (χ1) is 5.23. The molecule has 0 amide bonds. The molecule has 0 bridgehead atoms. The van der Waals surface area contributed by atoms with Crippen LogP contribution in [0.25, 0.3) is 0 Å². The van der Waals surface area contributed by atoms with Gasteiger partial charge in [0.05, 0.1) is 0 Å². The average molecular weight is 172 g/mol. The van der Waals surface area contributed by atoms with Gasteiger partial charge in [0, 0.05) is 5.56 Å². The summed E-state index contributed by atoms with van der Waals surface area (Å²) >= 11 is 1.56. The van der Waals surface area contributed by atoms with Crippen LogP contribution in [0.3, 0.4) is 0 Å². The fourth-order valence-electron chi connectivity index (χ4n) is 0.884. The molecule has 0 saturated carbocycles. The zero-order valence-corrected chi connectivity index (χ0v) is 7.40. The van der Waals surface area contributed by atoms with Gasteiger partial charge >= 0.3 is 0 Å². The molecule has 0 aliphatic rings. The highest BCUT2D eigenvalue weighted by atomic mass is 32.1. The van der Waals surface area contributed by atoms with Gasteiger partial charge in [-0.05, 0) is 30.9 Å². The number of nitrogens with one attached hydrogen (secondary N) is 2. The minimum absolute atomic E-state index is 0.840. The third kappa shape index (κ3) is 1.59. The molecule has 0 aliphatic carbocycles. The summed E-state index contributed by atoms with van der Waals surface area (Å²) < 4.78 is 0. The van der Waals surface area contributed by atoms with Crippen LogP contribution >= 0.6 is 11.3 Å². The van der Waals surface area contributed by atoms with E-state index >= 15 is 0 Å². The Balaban J connectivity index is 2.87. The lowest BCUT2D eigenvalue weighted by Gasteiger charge is -2.25. The van der Waals surface area contributed by atoms with Crippen molar-refractivity contribution in [1.29, 1.82) is 0 Å². The van der Waals surface area contributed by atoms with Crippen molar-refractivity contribution in [3.8, 4) is 0 Å². The third-order valence-corrected chi connectivity index (χ3v) is 2.35. The van der Waals surface area contributed by atoms with Crippen molar-refractivity contribution in [3.63, 3.8) is 0 Å². The van der Waals surface area contributed by atoms with Gasteiger partial charge in [0.25, 0.3) is 0 Å². The SMILES string of the molecule is CNC(O)(NC)c1ccsc1. The Kier molecular flexibility index (Phi) is 2.62. The molecule has 1 aromatic heterocycles. The van der Waals surface area contributed by atoms with E-state index in [-0.39, 0.29) is 0 Å². The molecular weight excluding hydrogens is 160 g/mol. The largest absolute Gasteiger partial charge is 0.359 e. The normalized spacial score (nSPS) is 11.9. The Labute approximate surface area is 70.1 Å². The van der Waals surface area contributed by atoms with Gasteiger partial charge in [-0.25, -0.2) is 0 Å². The summed E-state index contributed by atoms with van der Waals surface area (Å²) in [5, 5.41) is 19.2. The van der Waals surface area contributed by atoms with Crippen LogP contribution < -0.4 is 10.6 Å². The molecule has 0 radical (unpaired) electrons. The molecular formula is C7H12N2OS. The highest BCUT2D eigenvalue weighted by Crippen LogP contribution is 2.16. The molecule has 4 heteroatoms. The predicted molar refractivity (Wildman–Crippen MR) is 46.3 cm³/mol. The smallest absolute Gasteiger partial charge is 0.199 e. The van der Waals surface area contributed by atoms with Crippen molar-refractivity contribution in [2.45, 2.75) is 5.85 Å². The maximum Gasteiger partial charge on any atom is 0.199 e. The van der Waals surface area contributed by atoms with Crippen LogP contribution in [-0.2, 0) is 5.85 Å². The second-order valence-electron chi connectivity index (χ2n) is 2.22. The van der Waals surface area contributed by atoms with Gasteiger partial charge in [-0.15, -0.1) is 0 Å². The monoisotopic (exact) mass is 172 g/mol. The maximum atomic E-state index is 9.77. The van der Waals surface area contributed by atoms with Crippen LogP contribution in [0.2, 0.25) is 0 Å². The topological polar surface area (TPSA) is 44.3 Å². The molecule has 0 unspecified atom stereocenters. The van der Waals surface area contributed by atoms with E-state index in [4.69, 9.17) is 0 Å². The highest BCUT2D eigenvalue weighted by molar-refractivity contribution is 7.08. The summed E-state index contributed by atoms with van der Waals surface area (Å²) in [4.78, 5) is 0. The number of thiophene rings is 1. The van der Waals surface area contributed by atoms with Crippen LogP contribution in [0.15, 0.2) is 16.8 Å². The standard InChI is InChI=1S/C7H12N2OS/c1-8-7(10,9-2)6-3-4-11-5-6/h3-5,8-10H,1-2H3. The van der Waals surface area contributed by atoms with E-state index in [0.717, 1.165) is 5.56 Å². The van der Waals surface area contributed by atoms with Gasteiger partial charge in [-0.3, -0.25) is 10.6 Å². The number of rotatable bonds is 3. The Morgan fingerprint density at radius 3 is 2.45 bits per heavy atom. The van der Waals surface area contributed by atoms with Crippen LogP contribution in [0, 0.1) is 0 Å². The maximum absolute atomic E-state index is 9.77. The first-order valence-electron chi connectivity index (χ1n) is 3.36. The van der Waals surface area contributed by atoms with E-state index < -0.39 is 5.85 Å². The molecule has 1 heterocycles. The van der Waals surface area contributed by atoms with Gasteiger partial charge in [0.2, 0.25) is 0 Å². The van der Waals surface area contributed by atoms with Gasteiger partial charge in [0.1, 0.15) is 0 Å². The van der Waals surface area contributed by atoms with E-state index in [1.807, 2.05) is 16.8 Å². The van der Waals surface area contributed by atoms with Crippen molar-refractivity contribution in [2.24, 2.45) is 0 Å². The van der Waals surface area contributed by atoms with E-state index in [9.17, 15) is 5.11 Å². The van der Waals surface area contributed by atoms with Gasteiger partial charge in [-0.1, -0.05) is 0 Å². The third-order valence-electron chi connectivity index (χ3n) is 1.66. The van der Waals surface area contributed by atoms with E-state index in [1.54, 1.807) is 25.4 Å². The van der Waals surface area contributed by atoms with Crippen molar-refractivity contribution in [1.82, 2.24) is 10.6 Å². The Hall–Kier alpha value is -0.420. The Morgan fingerprint density at radius 2 is 2.09 bits per heavy atom. The second kappa shape index (κ2) is 3.32. The summed E-state index contributed by atoms with van der Waals surface area (Å²) in [6.07, 6.45) is 0. The van der Waals surface area contributed by atoms with Crippen molar-refractivity contribution in [2.75, 3.05) is 14.1 Å². The zero-order valence-electron chi connectivity index (χ0n) is 6.59. The summed E-state index contributed by atoms with van der Waals surface area (Å²) in [5.74, 6) is -1.08. The zero-order chi connectivity index (χ0) is 8.32. The summed E-state index contributed by atoms with van der Waals surface area (Å²) in [7, 11) is 3.41. The summed E-state index contributed by atoms with van der Waals surface area (Å²) in [6.45, 7) is 0. The number of hydrogen-bond acceptors (Lipinski definition) is 4. The molecule has 0 saturated heterocycles. The van der Waals surface area contributed by atoms with E-state index in [1.165, 1.54) is 0 Å². The molecule has 3 nitrogen and oxygen atoms in total. The van der Waals surface area contributed by atoms with Gasteiger partial charge < -0.3 is 5.11 Å². The minimum atomic E-state index is -1.08. The first-order valence-corrected chi connectivity index (χ1v) is 4.30. The number of hydrogen-bond donors (Lipinski definition) is 3. The van der Waals surface area contributed by atoms with Crippen LogP contribution in [0.5, 0.6) is 0 Å². The van der Waals surface area contributed by atoms with Crippen LogP contribution in [-0.4, -0.2) is 19.2 Å². The van der Waals surface area contributed by atoms with Crippen LogP contribution in [0.1, 0.15) is 5.56 Å². The lowest BCUT2D eigenvalue weighted by Crippen LogP contribution is -2.50. The van der Waals surface area contributed by atoms with Gasteiger partial charge in [0.15, 0.2) is 5.85 Å². The molecule has 3 N–H and O–H groups in total. The van der Waals surface area contributed by atoms with E-state index in [2.05, 4.69) is 10.6 Å². The summed E-state index contributed by atoms with van der Waals surface area (Å²) in [6, 6.07) is 1.87. The average Bonchev–Trinajstić information content (AvgIpc) is 2.55. The molecule has 1 aromatic rings. The van der Waals surface area contributed by atoms with E-state index in [0.29, 0.717) is 0 Å². The molecule has 62 valence electrons. The summed E-state index contributed by atoms with van der Waals surface area (Å²) in [5.41, 5.74) is 0.840. The number of aliphatic hydroxyl groups is 1. The molecule has 0 spiro atoms. The van der Waals surface area contributed by atoms with Crippen molar-refractivity contribution >= 4 is 11.3 Å². The Bertz CT molecular complexity index is 206. The molecule has 0 aliphatic heterocycles. The lowest BCUT2D eigenvalue weighted by atomic mass is 10.2. The van der Waals surface area contributed by atoms with Crippen LogP contribution in [0.4, 0.5) is 0 Å². The second-order valence-corrected chi connectivity index (χ2v) is 3.00. The van der Waals surface area contributed by atoms with Gasteiger partial charge in [-0.2, -0.15) is 11.3 Å². The molecule has 0 atom stereocenters. The molecule has 1 rings (SSSR count).